The molecule has 35 heavy (non-hydrogen) atoms. The highest BCUT2D eigenvalue weighted by Gasteiger charge is 2.18. The normalized spacial score (nSPS) is 11.3. The molecular weight excluding hydrogens is 464 g/mol. The summed E-state index contributed by atoms with van der Waals surface area (Å²) in [6.45, 7) is 0.910. The van der Waals surface area contributed by atoms with Crippen LogP contribution in [-0.2, 0) is 23.0 Å². The number of amides is 1. The van der Waals surface area contributed by atoms with E-state index in [2.05, 4.69) is 5.32 Å². The molecule has 0 aliphatic carbocycles. The third kappa shape index (κ3) is 6.14. The summed E-state index contributed by atoms with van der Waals surface area (Å²) < 4.78 is 29.8. The molecule has 8 nitrogen and oxygen atoms in total. The number of sulfonamides is 1. The molecule has 0 radical (unpaired) electrons. The van der Waals surface area contributed by atoms with Crippen molar-refractivity contribution in [3.63, 3.8) is 0 Å². The quantitative estimate of drug-likeness (QED) is 0.374. The molecule has 180 valence electrons. The Balaban J connectivity index is 1.51. The molecule has 4 aromatic rings. The number of nitrogens with zero attached hydrogens (tertiary/aromatic N) is 2. The topological polar surface area (TPSA) is 116 Å². The van der Waals surface area contributed by atoms with Crippen LogP contribution in [0.15, 0.2) is 90.0 Å². The molecule has 9 heteroatoms. The second-order valence-electron chi connectivity index (χ2n) is 8.00. The average Bonchev–Trinajstić information content (AvgIpc) is 3.28. The van der Waals surface area contributed by atoms with Gasteiger partial charge in [-0.25, -0.2) is 13.6 Å². The molecule has 0 aliphatic heterocycles. The maximum Gasteiger partial charge on any atom is 0.255 e. The molecule has 4 rings (SSSR count). The van der Waals surface area contributed by atoms with Gasteiger partial charge < -0.3 is 10.1 Å². The summed E-state index contributed by atoms with van der Waals surface area (Å²) in [5.41, 5.74) is 3.81. The van der Waals surface area contributed by atoms with E-state index in [0.29, 0.717) is 30.8 Å². The van der Waals surface area contributed by atoms with E-state index in [1.165, 1.54) is 12.1 Å². The number of ether oxygens (including phenoxy) is 1. The standard InChI is InChI=1S/C26H26N4O4S/c1-34-22-11-9-21(10-12-22)25-24(18-30(29-25)17-20-5-3-2-4-6-20)26(31)28-16-15-19-7-13-23(14-8-19)35(27,32)33/h2-14,18H,15-17H2,1H3,(H,28,31)(H2,27,32,33). The summed E-state index contributed by atoms with van der Waals surface area (Å²) in [4.78, 5) is 13.2. The zero-order valence-electron chi connectivity index (χ0n) is 19.2. The van der Waals surface area contributed by atoms with Crippen molar-refractivity contribution in [2.24, 2.45) is 5.14 Å². The van der Waals surface area contributed by atoms with Crippen molar-refractivity contribution < 1.29 is 17.9 Å². The van der Waals surface area contributed by atoms with Crippen LogP contribution < -0.4 is 15.2 Å². The summed E-state index contributed by atoms with van der Waals surface area (Å²) in [6, 6.07) is 23.6. The van der Waals surface area contributed by atoms with E-state index in [4.69, 9.17) is 15.0 Å². The van der Waals surface area contributed by atoms with Crippen LogP contribution in [0.4, 0.5) is 0 Å². The van der Waals surface area contributed by atoms with E-state index >= 15 is 0 Å². The van der Waals surface area contributed by atoms with Gasteiger partial charge in [-0.3, -0.25) is 9.48 Å². The van der Waals surface area contributed by atoms with Gasteiger partial charge in [-0.1, -0.05) is 42.5 Å². The molecule has 0 atom stereocenters. The first-order valence-electron chi connectivity index (χ1n) is 11.0. The number of aromatic nitrogens is 2. The Bertz CT molecular complexity index is 1400. The Kier molecular flexibility index (Phi) is 7.28. The number of carbonyl (C=O) groups is 1. The fraction of sp³-hybridized carbons (Fsp3) is 0.154. The van der Waals surface area contributed by atoms with Crippen LogP contribution in [0.2, 0.25) is 0 Å². The number of rotatable bonds is 9. The summed E-state index contributed by atoms with van der Waals surface area (Å²) in [5, 5.41) is 12.8. The molecule has 1 aromatic heterocycles. The summed E-state index contributed by atoms with van der Waals surface area (Å²) in [6.07, 6.45) is 2.29. The Hall–Kier alpha value is -3.95. The number of hydrogen-bond donors (Lipinski definition) is 2. The van der Waals surface area contributed by atoms with Crippen LogP contribution in [0.25, 0.3) is 11.3 Å². The van der Waals surface area contributed by atoms with Crippen molar-refractivity contribution >= 4 is 15.9 Å². The maximum atomic E-state index is 13.1. The van der Waals surface area contributed by atoms with Crippen molar-refractivity contribution in [2.45, 2.75) is 17.9 Å². The Morgan fingerprint density at radius 1 is 0.971 bits per heavy atom. The predicted octanol–water partition coefficient (Wildman–Crippen LogP) is 3.23. The minimum absolute atomic E-state index is 0.0558. The number of nitrogens with two attached hydrogens (primary N) is 1. The molecule has 0 spiro atoms. The smallest absolute Gasteiger partial charge is 0.255 e. The van der Waals surface area contributed by atoms with Crippen molar-refractivity contribution in [1.29, 1.82) is 0 Å². The molecule has 3 N–H and O–H groups in total. The number of primary sulfonamides is 1. The van der Waals surface area contributed by atoms with E-state index in [9.17, 15) is 13.2 Å². The van der Waals surface area contributed by atoms with E-state index < -0.39 is 10.0 Å². The largest absolute Gasteiger partial charge is 0.497 e. The first-order valence-corrected chi connectivity index (χ1v) is 12.5. The average molecular weight is 491 g/mol. The van der Waals surface area contributed by atoms with Gasteiger partial charge in [0.25, 0.3) is 5.91 Å². The highest BCUT2D eigenvalue weighted by atomic mass is 32.2. The van der Waals surface area contributed by atoms with Gasteiger partial charge in [0.1, 0.15) is 11.4 Å². The van der Waals surface area contributed by atoms with Crippen LogP contribution in [0, 0.1) is 0 Å². The highest BCUT2D eigenvalue weighted by Crippen LogP contribution is 2.25. The molecule has 0 saturated carbocycles. The van der Waals surface area contributed by atoms with Gasteiger partial charge in [0, 0.05) is 18.3 Å². The first kappa shape index (κ1) is 24.2. The SMILES string of the molecule is COc1ccc(-c2nn(Cc3ccccc3)cc2C(=O)NCCc2ccc(S(N)(=O)=O)cc2)cc1. The molecule has 0 bridgehead atoms. The monoisotopic (exact) mass is 490 g/mol. The van der Waals surface area contributed by atoms with Crippen molar-refractivity contribution in [1.82, 2.24) is 15.1 Å². The van der Waals surface area contributed by atoms with Gasteiger partial charge in [-0.2, -0.15) is 5.10 Å². The molecule has 0 fully saturated rings. The van der Waals surface area contributed by atoms with Gasteiger partial charge in [0.2, 0.25) is 10.0 Å². The minimum atomic E-state index is -3.73. The summed E-state index contributed by atoms with van der Waals surface area (Å²) in [7, 11) is -2.13. The molecule has 0 aliphatic rings. The fourth-order valence-electron chi connectivity index (χ4n) is 3.66. The van der Waals surface area contributed by atoms with Crippen molar-refractivity contribution in [3.05, 3.63) is 102 Å². The number of nitrogens with one attached hydrogen (secondary N) is 1. The molecule has 1 heterocycles. The molecule has 1 amide bonds. The van der Waals surface area contributed by atoms with Crippen LogP contribution in [0.5, 0.6) is 5.75 Å². The van der Waals surface area contributed by atoms with Crippen molar-refractivity contribution in [3.8, 4) is 17.0 Å². The van der Waals surface area contributed by atoms with Gasteiger partial charge in [-0.05, 0) is 53.9 Å². The Labute approximate surface area is 204 Å². The molecule has 0 unspecified atom stereocenters. The van der Waals surface area contributed by atoms with Crippen molar-refractivity contribution in [2.75, 3.05) is 13.7 Å². The highest BCUT2D eigenvalue weighted by molar-refractivity contribution is 7.89. The number of carbonyl (C=O) groups excluding carboxylic acids is 1. The van der Waals surface area contributed by atoms with E-state index in [1.807, 2.05) is 54.6 Å². The molecule has 0 saturated heterocycles. The number of methoxy groups -OCH3 is 1. The third-order valence-electron chi connectivity index (χ3n) is 5.51. The first-order chi connectivity index (χ1) is 16.8. The van der Waals surface area contributed by atoms with Gasteiger partial charge in [0.15, 0.2) is 0 Å². The second kappa shape index (κ2) is 10.5. The summed E-state index contributed by atoms with van der Waals surface area (Å²) in [5.74, 6) is 0.480. The maximum absolute atomic E-state index is 13.1. The van der Waals surface area contributed by atoms with Crippen LogP contribution in [0.3, 0.4) is 0 Å². The zero-order chi connectivity index (χ0) is 24.8. The minimum Gasteiger partial charge on any atom is -0.497 e. The van der Waals surface area contributed by atoms with Crippen LogP contribution in [0.1, 0.15) is 21.5 Å². The van der Waals surface area contributed by atoms with E-state index in [1.54, 1.807) is 30.1 Å². The van der Waals surface area contributed by atoms with Gasteiger partial charge >= 0.3 is 0 Å². The lowest BCUT2D eigenvalue weighted by Gasteiger charge is -2.07. The second-order valence-corrected chi connectivity index (χ2v) is 9.56. The molecule has 3 aromatic carbocycles. The lowest BCUT2D eigenvalue weighted by molar-refractivity contribution is 0.0954. The van der Waals surface area contributed by atoms with Gasteiger partial charge in [-0.15, -0.1) is 0 Å². The third-order valence-corrected chi connectivity index (χ3v) is 6.44. The fourth-order valence-corrected chi connectivity index (χ4v) is 4.18. The lowest BCUT2D eigenvalue weighted by Crippen LogP contribution is -2.26. The Morgan fingerprint density at radius 3 is 2.29 bits per heavy atom. The van der Waals surface area contributed by atoms with Crippen LogP contribution >= 0.6 is 0 Å². The lowest BCUT2D eigenvalue weighted by atomic mass is 10.1. The number of benzene rings is 3. The van der Waals surface area contributed by atoms with E-state index in [-0.39, 0.29) is 10.8 Å². The summed E-state index contributed by atoms with van der Waals surface area (Å²) >= 11 is 0. The predicted molar refractivity (Wildman–Crippen MR) is 134 cm³/mol. The van der Waals surface area contributed by atoms with Crippen LogP contribution in [-0.4, -0.2) is 37.8 Å². The number of hydrogen-bond acceptors (Lipinski definition) is 5. The Morgan fingerprint density at radius 2 is 1.66 bits per heavy atom. The van der Waals surface area contributed by atoms with E-state index in [0.717, 1.165) is 22.4 Å². The van der Waals surface area contributed by atoms with Gasteiger partial charge in [0.05, 0.1) is 24.1 Å². The zero-order valence-corrected chi connectivity index (χ0v) is 20.0. The molecular formula is C26H26N4O4S.